The second kappa shape index (κ2) is 3.36. The number of benzene rings is 1. The Bertz CT molecular complexity index is 537. The third kappa shape index (κ3) is 1.21. The van der Waals surface area contributed by atoms with Gasteiger partial charge in [-0.05, 0) is 18.6 Å². The Labute approximate surface area is 109 Å². The molecule has 1 aromatic carbocycles. The number of imide groups is 1. The van der Waals surface area contributed by atoms with Gasteiger partial charge in [-0.15, -0.1) is 0 Å². The maximum atomic E-state index is 12.3. The Morgan fingerprint density at radius 1 is 1.17 bits per heavy atom. The van der Waals surface area contributed by atoms with Crippen LogP contribution in [0.4, 0.5) is 0 Å². The molecule has 1 saturated carbocycles. The lowest BCUT2D eigenvalue weighted by molar-refractivity contribution is 0.0581. The Balaban J connectivity index is 1.76. The maximum Gasteiger partial charge on any atom is 0.261 e. The summed E-state index contributed by atoms with van der Waals surface area (Å²) >= 11 is 1.83. The van der Waals surface area contributed by atoms with Crippen LogP contribution >= 0.6 is 11.8 Å². The molecule has 3 aliphatic rings. The molecule has 1 aromatic rings. The van der Waals surface area contributed by atoms with Gasteiger partial charge in [-0.2, -0.15) is 11.8 Å². The predicted molar refractivity (Wildman–Crippen MR) is 68.5 cm³/mol. The van der Waals surface area contributed by atoms with Gasteiger partial charge in [0.2, 0.25) is 0 Å². The van der Waals surface area contributed by atoms with Gasteiger partial charge in [0.05, 0.1) is 17.2 Å². The first-order valence-corrected chi connectivity index (χ1v) is 7.01. The van der Waals surface area contributed by atoms with Gasteiger partial charge in [-0.25, -0.2) is 0 Å². The van der Waals surface area contributed by atoms with Gasteiger partial charge in [-0.3, -0.25) is 14.5 Å². The highest BCUT2D eigenvalue weighted by atomic mass is 32.2. The minimum absolute atomic E-state index is 0.0662. The van der Waals surface area contributed by atoms with Crippen molar-refractivity contribution >= 4 is 23.6 Å². The molecule has 0 spiro atoms. The van der Waals surface area contributed by atoms with Crippen molar-refractivity contribution in [1.82, 2.24) is 4.90 Å². The lowest BCUT2D eigenvalue weighted by Gasteiger charge is -2.27. The Morgan fingerprint density at radius 3 is 2.28 bits per heavy atom. The number of thioether (sulfide) groups is 1. The zero-order chi connectivity index (χ0) is 12.4. The zero-order valence-corrected chi connectivity index (χ0v) is 10.4. The normalized spacial score (nSPS) is 36.8. The summed E-state index contributed by atoms with van der Waals surface area (Å²) in [7, 11) is 0. The van der Waals surface area contributed by atoms with Gasteiger partial charge in [-0.1, -0.05) is 12.1 Å². The van der Waals surface area contributed by atoms with Crippen molar-refractivity contribution in [2.45, 2.75) is 29.0 Å². The number of hydrogen-bond acceptors (Lipinski definition) is 4. The van der Waals surface area contributed by atoms with Gasteiger partial charge in [0.15, 0.2) is 0 Å². The molecule has 92 valence electrons. The van der Waals surface area contributed by atoms with Crippen LogP contribution in [0, 0.1) is 0 Å². The quantitative estimate of drug-likeness (QED) is 0.601. The summed E-state index contributed by atoms with van der Waals surface area (Å²) in [6, 6.07) is 6.82. The number of amides is 2. The van der Waals surface area contributed by atoms with E-state index in [0.717, 1.165) is 6.42 Å². The van der Waals surface area contributed by atoms with Crippen molar-refractivity contribution < 1.29 is 9.59 Å². The van der Waals surface area contributed by atoms with Crippen LogP contribution in [0.3, 0.4) is 0 Å². The largest absolute Gasteiger partial charge is 0.326 e. The van der Waals surface area contributed by atoms with E-state index in [0.29, 0.717) is 21.6 Å². The molecule has 18 heavy (non-hydrogen) atoms. The van der Waals surface area contributed by atoms with Crippen LogP contribution in [0.25, 0.3) is 0 Å². The number of carbonyl (C=O) groups excluding carboxylic acids is 2. The van der Waals surface area contributed by atoms with E-state index in [2.05, 4.69) is 0 Å². The first-order chi connectivity index (χ1) is 8.68. The molecule has 2 N–H and O–H groups in total. The lowest BCUT2D eigenvalue weighted by Crippen LogP contribution is -2.50. The van der Waals surface area contributed by atoms with Gasteiger partial charge in [0, 0.05) is 16.5 Å². The Morgan fingerprint density at radius 2 is 1.78 bits per heavy atom. The number of rotatable bonds is 1. The van der Waals surface area contributed by atoms with E-state index < -0.39 is 0 Å². The minimum Gasteiger partial charge on any atom is -0.326 e. The summed E-state index contributed by atoms with van der Waals surface area (Å²) in [5.41, 5.74) is 7.11. The average molecular weight is 260 g/mol. The summed E-state index contributed by atoms with van der Waals surface area (Å²) in [6.07, 6.45) is 0.910. The molecule has 2 heterocycles. The monoisotopic (exact) mass is 260 g/mol. The molecule has 4 nitrogen and oxygen atoms in total. The van der Waals surface area contributed by atoms with E-state index in [4.69, 9.17) is 5.73 Å². The number of carbonyl (C=O) groups is 2. The van der Waals surface area contributed by atoms with Crippen LogP contribution in [0.1, 0.15) is 27.1 Å². The fraction of sp³-hybridized carbons (Fsp3) is 0.385. The number of hydrogen-bond donors (Lipinski definition) is 1. The molecule has 4 rings (SSSR count). The topological polar surface area (TPSA) is 63.4 Å². The summed E-state index contributed by atoms with van der Waals surface area (Å²) in [5, 5.41) is 0.913. The third-order valence-electron chi connectivity index (χ3n) is 4.03. The van der Waals surface area contributed by atoms with Gasteiger partial charge >= 0.3 is 0 Å². The van der Waals surface area contributed by atoms with E-state index in [1.807, 2.05) is 11.8 Å². The lowest BCUT2D eigenvalue weighted by atomic mass is 10.1. The summed E-state index contributed by atoms with van der Waals surface area (Å²) < 4.78 is 0. The smallest absolute Gasteiger partial charge is 0.261 e. The second-order valence-corrected chi connectivity index (χ2v) is 6.48. The predicted octanol–water partition coefficient (Wildman–Crippen LogP) is 0.866. The minimum atomic E-state index is -0.177. The summed E-state index contributed by atoms with van der Waals surface area (Å²) in [5.74, 6) is -0.353. The summed E-state index contributed by atoms with van der Waals surface area (Å²) in [6.45, 7) is 0. The van der Waals surface area contributed by atoms with Crippen LogP contribution in [0.5, 0.6) is 0 Å². The Kier molecular flexibility index (Phi) is 1.98. The molecular formula is C13H12N2O2S. The molecule has 1 saturated heterocycles. The van der Waals surface area contributed by atoms with Crippen LogP contribution in [0.2, 0.25) is 0 Å². The molecule has 0 radical (unpaired) electrons. The standard InChI is InChI=1S/C13H12N2O2S/c14-8-5-9-11(18-9)10(8)15-12(16)6-3-1-2-4-7(6)13(15)17/h1-4,8-11H,5,14H2/t8-,9-,10-,11-/m0/s1. The zero-order valence-electron chi connectivity index (χ0n) is 9.58. The number of nitrogens with zero attached hydrogens (tertiary/aromatic N) is 1. The van der Waals surface area contributed by atoms with Crippen molar-refractivity contribution in [1.29, 1.82) is 0 Å². The van der Waals surface area contributed by atoms with E-state index in [1.165, 1.54) is 4.90 Å². The molecule has 2 fully saturated rings. The van der Waals surface area contributed by atoms with Crippen molar-refractivity contribution in [3.63, 3.8) is 0 Å². The number of nitrogens with two attached hydrogens (primary N) is 1. The molecule has 0 unspecified atom stereocenters. The maximum absolute atomic E-state index is 12.3. The molecular weight excluding hydrogens is 248 g/mol. The fourth-order valence-electron chi connectivity index (χ4n) is 3.11. The highest BCUT2D eigenvalue weighted by Gasteiger charge is 2.59. The fourth-order valence-corrected chi connectivity index (χ4v) is 4.52. The highest BCUT2D eigenvalue weighted by molar-refractivity contribution is 8.07. The van der Waals surface area contributed by atoms with E-state index in [1.54, 1.807) is 24.3 Å². The first kappa shape index (κ1) is 10.6. The van der Waals surface area contributed by atoms with Crippen LogP contribution in [-0.4, -0.2) is 39.3 Å². The van der Waals surface area contributed by atoms with Crippen molar-refractivity contribution in [2.75, 3.05) is 0 Å². The molecule has 4 atom stereocenters. The van der Waals surface area contributed by atoms with Crippen molar-refractivity contribution in [3.8, 4) is 0 Å². The number of fused-ring (bicyclic) bond motifs is 2. The highest BCUT2D eigenvalue weighted by Crippen LogP contribution is 2.54. The Hall–Kier alpha value is -1.33. The van der Waals surface area contributed by atoms with Crippen LogP contribution in [-0.2, 0) is 0 Å². The van der Waals surface area contributed by atoms with Crippen molar-refractivity contribution in [2.24, 2.45) is 5.73 Å². The van der Waals surface area contributed by atoms with Gasteiger partial charge in [0.1, 0.15) is 0 Å². The molecule has 1 aliphatic carbocycles. The van der Waals surface area contributed by atoms with E-state index in [9.17, 15) is 9.59 Å². The average Bonchev–Trinajstić information content (AvgIpc) is 2.98. The molecule has 5 heteroatoms. The van der Waals surface area contributed by atoms with Gasteiger partial charge < -0.3 is 5.73 Å². The molecule has 2 aliphatic heterocycles. The SMILES string of the molecule is N[C@H]1C[C@@H]2S[C@@H]2[C@H]1N1C(=O)c2ccccc2C1=O. The van der Waals surface area contributed by atoms with Crippen LogP contribution in [0.15, 0.2) is 24.3 Å². The second-order valence-electron chi connectivity index (χ2n) is 5.06. The first-order valence-electron chi connectivity index (χ1n) is 6.06. The van der Waals surface area contributed by atoms with E-state index in [-0.39, 0.29) is 23.9 Å². The molecule has 0 bridgehead atoms. The van der Waals surface area contributed by atoms with Crippen molar-refractivity contribution in [3.05, 3.63) is 35.4 Å². The van der Waals surface area contributed by atoms with E-state index >= 15 is 0 Å². The van der Waals surface area contributed by atoms with Gasteiger partial charge in [0.25, 0.3) is 11.8 Å². The summed E-state index contributed by atoms with van der Waals surface area (Å²) in [4.78, 5) is 26.1. The molecule has 2 amide bonds. The molecule has 0 aromatic heterocycles. The van der Waals surface area contributed by atoms with Crippen LogP contribution < -0.4 is 5.73 Å². The third-order valence-corrected chi connectivity index (χ3v) is 5.47.